The van der Waals surface area contributed by atoms with Crippen LogP contribution in [0, 0.1) is 5.41 Å². The molecule has 0 aromatic carbocycles. The molecule has 82 valence electrons. The Hall–Kier alpha value is -1.11. The van der Waals surface area contributed by atoms with E-state index in [0.717, 1.165) is 0 Å². The van der Waals surface area contributed by atoms with E-state index >= 15 is 0 Å². The molecule has 1 unspecified atom stereocenters. The number of nitrogens with zero attached hydrogens (tertiary/aromatic N) is 1. The highest BCUT2D eigenvalue weighted by atomic mass is 32.2. The number of hydrogen-bond acceptors (Lipinski definition) is 5. The average molecular weight is 227 g/mol. The Kier molecular flexibility index (Phi) is 4.54. The molecule has 15 heavy (non-hydrogen) atoms. The third kappa shape index (κ3) is 3.86. The Balaban J connectivity index is 2.62. The highest BCUT2D eigenvalue weighted by molar-refractivity contribution is 7.99. The van der Waals surface area contributed by atoms with E-state index in [9.17, 15) is 0 Å². The van der Waals surface area contributed by atoms with Crippen LogP contribution in [-0.2, 0) is 0 Å². The molecule has 0 amide bonds. The third-order valence-corrected chi connectivity index (χ3v) is 2.71. The summed E-state index contributed by atoms with van der Waals surface area (Å²) in [5.41, 5.74) is 5.70. The van der Waals surface area contributed by atoms with Gasteiger partial charge in [0, 0.05) is 5.75 Å². The fourth-order valence-corrected chi connectivity index (χ4v) is 1.69. The minimum Gasteiger partial charge on any atom is -0.394 e. The lowest BCUT2D eigenvalue weighted by atomic mass is 10.3. The van der Waals surface area contributed by atoms with E-state index in [-0.39, 0.29) is 12.4 Å². The van der Waals surface area contributed by atoms with Crippen molar-refractivity contribution in [2.24, 2.45) is 5.73 Å². The summed E-state index contributed by atoms with van der Waals surface area (Å²) < 4.78 is 0. The van der Waals surface area contributed by atoms with Gasteiger partial charge in [-0.15, -0.1) is 11.8 Å². The van der Waals surface area contributed by atoms with Crippen molar-refractivity contribution in [2.45, 2.75) is 11.1 Å². The van der Waals surface area contributed by atoms with Gasteiger partial charge in [0.1, 0.15) is 11.5 Å². The van der Waals surface area contributed by atoms with E-state index < -0.39 is 6.10 Å². The average Bonchev–Trinajstić information content (AvgIpc) is 2.26. The van der Waals surface area contributed by atoms with E-state index in [0.29, 0.717) is 16.5 Å². The molecule has 0 radical (unpaired) electrons. The van der Waals surface area contributed by atoms with Crippen LogP contribution in [-0.4, -0.2) is 39.5 Å². The van der Waals surface area contributed by atoms with Gasteiger partial charge >= 0.3 is 0 Å². The van der Waals surface area contributed by atoms with Crippen molar-refractivity contribution in [1.29, 1.82) is 5.41 Å². The number of aliphatic hydroxyl groups excluding tert-OH is 2. The summed E-state index contributed by atoms with van der Waals surface area (Å²) in [6.45, 7) is -0.264. The summed E-state index contributed by atoms with van der Waals surface area (Å²) in [5.74, 6) is 0.283. The second-order valence-corrected chi connectivity index (χ2v) is 3.96. The standard InChI is InChI=1S/C9H13N3O2S/c10-9(11)7-2-1-3-8(12-7)15-5-6(14)4-13/h1-3,6,13-14H,4-5H2,(H3,10,11). The molecule has 0 aliphatic carbocycles. The summed E-state index contributed by atoms with van der Waals surface area (Å²) in [4.78, 5) is 4.10. The molecule has 0 spiro atoms. The van der Waals surface area contributed by atoms with Gasteiger partial charge in [-0.2, -0.15) is 0 Å². The van der Waals surface area contributed by atoms with Crippen molar-refractivity contribution in [3.05, 3.63) is 23.9 Å². The van der Waals surface area contributed by atoms with E-state index in [1.807, 2.05) is 0 Å². The van der Waals surface area contributed by atoms with Gasteiger partial charge in [-0.05, 0) is 12.1 Å². The van der Waals surface area contributed by atoms with Gasteiger partial charge < -0.3 is 15.9 Å². The minimum atomic E-state index is -0.752. The van der Waals surface area contributed by atoms with Crippen LogP contribution >= 0.6 is 11.8 Å². The lowest BCUT2D eigenvalue weighted by Gasteiger charge is -2.06. The summed E-state index contributed by atoms with van der Waals surface area (Å²) in [7, 11) is 0. The molecule has 1 aromatic rings. The zero-order valence-electron chi connectivity index (χ0n) is 8.05. The fraction of sp³-hybridized carbons (Fsp3) is 0.333. The summed E-state index contributed by atoms with van der Waals surface area (Å²) in [6, 6.07) is 5.16. The zero-order valence-corrected chi connectivity index (χ0v) is 8.87. The second kappa shape index (κ2) is 5.69. The van der Waals surface area contributed by atoms with E-state index in [4.69, 9.17) is 21.4 Å². The van der Waals surface area contributed by atoms with Gasteiger partial charge in [-0.3, -0.25) is 5.41 Å². The van der Waals surface area contributed by atoms with Crippen LogP contribution in [0.3, 0.4) is 0 Å². The molecule has 0 saturated heterocycles. The van der Waals surface area contributed by atoms with Crippen molar-refractivity contribution in [3.8, 4) is 0 Å². The first-order valence-corrected chi connectivity index (χ1v) is 5.35. The Morgan fingerprint density at radius 2 is 2.33 bits per heavy atom. The molecule has 0 fully saturated rings. The molecular formula is C9H13N3O2S. The molecule has 1 rings (SSSR count). The lowest BCUT2D eigenvalue weighted by Crippen LogP contribution is -2.15. The maximum Gasteiger partial charge on any atom is 0.141 e. The molecule has 1 atom stereocenters. The quantitative estimate of drug-likeness (QED) is 0.317. The van der Waals surface area contributed by atoms with Crippen LogP contribution in [0.4, 0.5) is 0 Å². The van der Waals surface area contributed by atoms with E-state index in [2.05, 4.69) is 4.98 Å². The first-order chi connectivity index (χ1) is 7.13. The fourth-order valence-electron chi connectivity index (χ4n) is 0.879. The maximum atomic E-state index is 9.13. The van der Waals surface area contributed by atoms with Crippen LogP contribution in [0.1, 0.15) is 5.69 Å². The first-order valence-electron chi connectivity index (χ1n) is 4.36. The van der Waals surface area contributed by atoms with Gasteiger partial charge in [0.25, 0.3) is 0 Å². The third-order valence-electron chi connectivity index (χ3n) is 1.63. The van der Waals surface area contributed by atoms with Gasteiger partial charge in [-0.25, -0.2) is 4.98 Å². The molecule has 0 aliphatic rings. The van der Waals surface area contributed by atoms with E-state index in [1.165, 1.54) is 11.8 Å². The van der Waals surface area contributed by atoms with Crippen molar-refractivity contribution >= 4 is 17.6 Å². The van der Waals surface area contributed by atoms with Crippen molar-refractivity contribution in [1.82, 2.24) is 4.98 Å². The van der Waals surface area contributed by atoms with E-state index in [1.54, 1.807) is 18.2 Å². The number of aliphatic hydroxyl groups is 2. The lowest BCUT2D eigenvalue weighted by molar-refractivity contribution is 0.113. The molecule has 0 bridgehead atoms. The van der Waals surface area contributed by atoms with Crippen molar-refractivity contribution in [3.63, 3.8) is 0 Å². The normalized spacial score (nSPS) is 12.4. The molecule has 0 saturated carbocycles. The van der Waals surface area contributed by atoms with Gasteiger partial charge in [0.05, 0.1) is 17.7 Å². The number of amidine groups is 1. The Morgan fingerprint density at radius 1 is 1.60 bits per heavy atom. The number of pyridine rings is 1. The highest BCUT2D eigenvalue weighted by Crippen LogP contribution is 2.16. The summed E-state index contributed by atoms with van der Waals surface area (Å²) >= 11 is 1.31. The first kappa shape index (κ1) is 12.0. The Bertz CT molecular complexity index is 346. The number of nitrogen functional groups attached to an aromatic ring is 1. The highest BCUT2D eigenvalue weighted by Gasteiger charge is 2.05. The van der Waals surface area contributed by atoms with Crippen LogP contribution in [0.2, 0.25) is 0 Å². The Morgan fingerprint density at radius 3 is 2.93 bits per heavy atom. The predicted octanol–water partition coefficient (Wildman–Crippen LogP) is -0.189. The molecule has 6 heteroatoms. The maximum absolute atomic E-state index is 9.13. The topological polar surface area (TPSA) is 103 Å². The molecule has 1 heterocycles. The SMILES string of the molecule is N=C(N)c1cccc(SCC(O)CO)n1. The predicted molar refractivity (Wildman–Crippen MR) is 59.1 cm³/mol. The molecule has 1 aromatic heterocycles. The van der Waals surface area contributed by atoms with Crippen LogP contribution < -0.4 is 5.73 Å². The van der Waals surface area contributed by atoms with Gasteiger partial charge in [0.2, 0.25) is 0 Å². The van der Waals surface area contributed by atoms with Crippen LogP contribution in [0.15, 0.2) is 23.2 Å². The van der Waals surface area contributed by atoms with Crippen molar-refractivity contribution < 1.29 is 10.2 Å². The number of nitrogens with one attached hydrogen (secondary N) is 1. The van der Waals surface area contributed by atoms with Crippen molar-refractivity contribution in [2.75, 3.05) is 12.4 Å². The molecule has 5 N–H and O–H groups in total. The number of aromatic nitrogens is 1. The number of hydrogen-bond donors (Lipinski definition) is 4. The largest absolute Gasteiger partial charge is 0.394 e. The summed E-state index contributed by atoms with van der Waals surface area (Å²) in [6.07, 6.45) is -0.752. The molecule has 5 nitrogen and oxygen atoms in total. The minimum absolute atomic E-state index is 0.0832. The van der Waals surface area contributed by atoms with Crippen LogP contribution in [0.5, 0.6) is 0 Å². The monoisotopic (exact) mass is 227 g/mol. The summed E-state index contributed by atoms with van der Waals surface area (Å²) in [5, 5.41) is 25.6. The Labute approximate surface area is 91.8 Å². The zero-order chi connectivity index (χ0) is 11.3. The number of rotatable bonds is 5. The number of nitrogens with two attached hydrogens (primary N) is 1. The smallest absolute Gasteiger partial charge is 0.141 e. The number of thioether (sulfide) groups is 1. The van der Waals surface area contributed by atoms with Gasteiger partial charge in [0.15, 0.2) is 0 Å². The van der Waals surface area contributed by atoms with Gasteiger partial charge in [-0.1, -0.05) is 6.07 Å². The van der Waals surface area contributed by atoms with Crippen LogP contribution in [0.25, 0.3) is 0 Å². The molecular weight excluding hydrogens is 214 g/mol. The second-order valence-electron chi connectivity index (χ2n) is 2.92. The molecule has 0 aliphatic heterocycles.